The number of aryl methyl sites for hydroxylation is 1. The highest BCUT2D eigenvalue weighted by atomic mass is 16.5. The molecule has 30 heavy (non-hydrogen) atoms. The zero-order chi connectivity index (χ0) is 20.8. The molecule has 0 aliphatic rings. The van der Waals surface area contributed by atoms with E-state index in [2.05, 4.69) is 20.8 Å². The number of hydrogen-bond acceptors (Lipinski definition) is 5. The Morgan fingerprint density at radius 1 is 0.967 bits per heavy atom. The lowest BCUT2D eigenvalue weighted by Gasteiger charge is -2.16. The van der Waals surface area contributed by atoms with Crippen LogP contribution in [0.15, 0.2) is 85.2 Å². The minimum absolute atomic E-state index is 0.196. The lowest BCUT2D eigenvalue weighted by atomic mass is 10.1. The molecule has 1 N–H and O–H groups in total. The molecule has 4 rings (SSSR count). The normalized spacial score (nSPS) is 11.6. The second-order valence-electron chi connectivity index (χ2n) is 6.92. The molecule has 0 unspecified atom stereocenters. The Hall–Kier alpha value is -4.00. The van der Waals surface area contributed by atoms with Crippen LogP contribution in [0.5, 0.6) is 11.5 Å². The Labute approximate surface area is 174 Å². The fourth-order valence-corrected chi connectivity index (χ4v) is 3.03. The number of amides is 1. The third-order valence-corrected chi connectivity index (χ3v) is 4.64. The van der Waals surface area contributed by atoms with Crippen LogP contribution in [0.1, 0.15) is 17.2 Å². The highest BCUT2D eigenvalue weighted by molar-refractivity contribution is 5.93. The first-order chi connectivity index (χ1) is 14.7. The van der Waals surface area contributed by atoms with Gasteiger partial charge >= 0.3 is 0 Å². The van der Waals surface area contributed by atoms with E-state index in [0.29, 0.717) is 17.9 Å². The topological polar surface area (TPSA) is 81.9 Å². The first-order valence-electron chi connectivity index (χ1n) is 9.59. The van der Waals surface area contributed by atoms with Crippen LogP contribution in [0.25, 0.3) is 0 Å². The third kappa shape index (κ3) is 4.88. The molecular formula is C23H21N5O2. The maximum Gasteiger partial charge on any atom is 0.249 e. The van der Waals surface area contributed by atoms with Gasteiger partial charge in [0.15, 0.2) is 0 Å². The monoisotopic (exact) mass is 399 g/mol. The smallest absolute Gasteiger partial charge is 0.249 e. The zero-order valence-corrected chi connectivity index (χ0v) is 16.5. The van der Waals surface area contributed by atoms with Crippen LogP contribution < -0.4 is 10.1 Å². The van der Waals surface area contributed by atoms with Crippen LogP contribution in [-0.4, -0.2) is 26.1 Å². The number of ether oxygens (including phenoxy) is 1. The molecule has 1 aromatic heterocycles. The van der Waals surface area contributed by atoms with Gasteiger partial charge in [-0.2, -0.15) is 0 Å². The molecule has 0 bridgehead atoms. The average Bonchev–Trinajstić information content (AvgIpc) is 3.30. The third-order valence-electron chi connectivity index (χ3n) is 4.64. The highest BCUT2D eigenvalue weighted by Crippen LogP contribution is 2.24. The minimum atomic E-state index is -0.564. The van der Waals surface area contributed by atoms with Gasteiger partial charge < -0.3 is 10.1 Å². The minimum Gasteiger partial charge on any atom is -0.457 e. The number of nitrogens with zero attached hydrogens (tertiary/aromatic N) is 4. The van der Waals surface area contributed by atoms with Crippen molar-refractivity contribution in [1.82, 2.24) is 20.2 Å². The summed E-state index contributed by atoms with van der Waals surface area (Å²) >= 11 is 0. The van der Waals surface area contributed by atoms with Gasteiger partial charge in [0, 0.05) is 12.1 Å². The van der Waals surface area contributed by atoms with Crippen LogP contribution in [0.4, 0.5) is 5.69 Å². The van der Waals surface area contributed by atoms with Gasteiger partial charge in [0.05, 0.1) is 0 Å². The molecule has 1 heterocycles. The van der Waals surface area contributed by atoms with Crippen molar-refractivity contribution in [3.63, 3.8) is 0 Å². The second-order valence-corrected chi connectivity index (χ2v) is 6.92. The fourth-order valence-electron chi connectivity index (χ4n) is 3.03. The van der Waals surface area contributed by atoms with E-state index < -0.39 is 6.04 Å². The van der Waals surface area contributed by atoms with Crippen molar-refractivity contribution in [2.75, 3.05) is 5.32 Å². The van der Waals surface area contributed by atoms with Gasteiger partial charge in [-0.25, -0.2) is 4.68 Å². The van der Waals surface area contributed by atoms with Gasteiger partial charge in [-0.15, -0.1) is 5.10 Å². The Morgan fingerprint density at radius 3 is 2.27 bits per heavy atom. The number of aromatic nitrogens is 4. The summed E-state index contributed by atoms with van der Waals surface area (Å²) in [6.45, 7) is 2.03. The number of anilines is 1. The quantitative estimate of drug-likeness (QED) is 0.504. The van der Waals surface area contributed by atoms with Crippen LogP contribution in [0.2, 0.25) is 0 Å². The first-order valence-corrected chi connectivity index (χ1v) is 9.59. The molecule has 0 saturated carbocycles. The zero-order valence-electron chi connectivity index (χ0n) is 16.5. The number of hydrogen-bond donors (Lipinski definition) is 1. The van der Waals surface area contributed by atoms with Crippen LogP contribution in [0, 0.1) is 6.92 Å². The van der Waals surface area contributed by atoms with E-state index in [1.165, 1.54) is 16.6 Å². The van der Waals surface area contributed by atoms with E-state index in [-0.39, 0.29) is 5.91 Å². The number of benzene rings is 3. The van der Waals surface area contributed by atoms with Gasteiger partial charge in [0.1, 0.15) is 23.9 Å². The summed E-state index contributed by atoms with van der Waals surface area (Å²) < 4.78 is 7.30. The fraction of sp³-hybridized carbons (Fsp3) is 0.130. The molecule has 4 aromatic rings. The largest absolute Gasteiger partial charge is 0.457 e. The van der Waals surface area contributed by atoms with Crippen LogP contribution in [-0.2, 0) is 11.2 Å². The molecule has 0 aliphatic heterocycles. The summed E-state index contributed by atoms with van der Waals surface area (Å²) in [5, 5.41) is 14.2. The van der Waals surface area contributed by atoms with E-state index in [1.54, 1.807) is 12.1 Å². The Kier molecular flexibility index (Phi) is 5.80. The molecule has 3 aromatic carbocycles. The Bertz CT molecular complexity index is 1080. The molecule has 0 aliphatic carbocycles. The van der Waals surface area contributed by atoms with Crippen molar-refractivity contribution in [3.8, 4) is 11.5 Å². The maximum absolute atomic E-state index is 13.0. The van der Waals surface area contributed by atoms with Crippen molar-refractivity contribution in [2.24, 2.45) is 0 Å². The predicted molar refractivity (Wildman–Crippen MR) is 113 cm³/mol. The summed E-state index contributed by atoms with van der Waals surface area (Å²) in [5.41, 5.74) is 2.87. The predicted octanol–water partition coefficient (Wildman–Crippen LogP) is 4.20. The van der Waals surface area contributed by atoms with Gasteiger partial charge in [-0.05, 0) is 59.3 Å². The molecule has 0 radical (unpaired) electrons. The van der Waals surface area contributed by atoms with Crippen LogP contribution >= 0.6 is 0 Å². The van der Waals surface area contributed by atoms with Crippen molar-refractivity contribution in [1.29, 1.82) is 0 Å². The van der Waals surface area contributed by atoms with Gasteiger partial charge in [-0.3, -0.25) is 4.79 Å². The summed E-state index contributed by atoms with van der Waals surface area (Å²) in [7, 11) is 0. The molecule has 7 heteroatoms. The maximum atomic E-state index is 13.0. The number of nitrogens with one attached hydrogen (secondary N) is 1. The summed E-state index contributed by atoms with van der Waals surface area (Å²) in [5.74, 6) is 1.26. The first kappa shape index (κ1) is 19.3. The lowest BCUT2D eigenvalue weighted by molar-refractivity contribution is -0.119. The van der Waals surface area contributed by atoms with E-state index in [0.717, 1.165) is 11.3 Å². The Balaban J connectivity index is 1.45. The van der Waals surface area contributed by atoms with E-state index in [4.69, 9.17) is 4.74 Å². The van der Waals surface area contributed by atoms with Crippen molar-refractivity contribution >= 4 is 11.6 Å². The van der Waals surface area contributed by atoms with Crippen LogP contribution in [0.3, 0.4) is 0 Å². The van der Waals surface area contributed by atoms with E-state index in [9.17, 15) is 4.79 Å². The lowest BCUT2D eigenvalue weighted by Crippen LogP contribution is -2.28. The van der Waals surface area contributed by atoms with Crippen molar-refractivity contribution in [3.05, 3.63) is 96.3 Å². The molecule has 0 spiro atoms. The number of tetrazole rings is 1. The average molecular weight is 399 g/mol. The summed E-state index contributed by atoms with van der Waals surface area (Å²) in [4.78, 5) is 13.0. The molecule has 1 atom stereocenters. The van der Waals surface area contributed by atoms with Gasteiger partial charge in [-0.1, -0.05) is 48.0 Å². The second kappa shape index (κ2) is 9.00. The molecule has 150 valence electrons. The number of rotatable bonds is 7. The number of carbonyl (C=O) groups is 1. The van der Waals surface area contributed by atoms with Crippen molar-refractivity contribution < 1.29 is 9.53 Å². The van der Waals surface area contributed by atoms with E-state index in [1.807, 2.05) is 73.7 Å². The number of carbonyl (C=O) groups excluding carboxylic acids is 1. The molecule has 0 saturated heterocycles. The molecule has 7 nitrogen and oxygen atoms in total. The Morgan fingerprint density at radius 2 is 1.63 bits per heavy atom. The van der Waals surface area contributed by atoms with Gasteiger partial charge in [0.25, 0.3) is 0 Å². The van der Waals surface area contributed by atoms with E-state index >= 15 is 0 Å². The molecule has 0 fully saturated rings. The SMILES string of the molecule is Cc1ccc(Oc2ccc(NC(=O)[C@@H](Cc3ccccc3)n3cnnn3)cc2)cc1. The molecular weight excluding hydrogens is 378 g/mol. The van der Waals surface area contributed by atoms with Crippen molar-refractivity contribution in [2.45, 2.75) is 19.4 Å². The highest BCUT2D eigenvalue weighted by Gasteiger charge is 2.22. The molecule has 1 amide bonds. The van der Waals surface area contributed by atoms with Gasteiger partial charge in [0.2, 0.25) is 5.91 Å². The summed E-state index contributed by atoms with van der Waals surface area (Å²) in [6, 6.07) is 24.3. The standard InChI is InChI=1S/C23H21N5O2/c1-17-7-11-20(12-8-17)30-21-13-9-19(10-14-21)25-23(29)22(28-16-24-26-27-28)15-18-5-3-2-4-6-18/h2-14,16,22H,15H2,1H3,(H,25,29)/t22-/m1/s1. The summed E-state index contributed by atoms with van der Waals surface area (Å²) in [6.07, 6.45) is 1.93.